The SMILES string of the molecule is Cn1nc(-c2cc(C=O)c(Cl)cc2F)c(Cl)c1C(F)(F)F. The average molecular weight is 341 g/mol. The monoisotopic (exact) mass is 340 g/mol. The highest BCUT2D eigenvalue weighted by Crippen LogP contribution is 2.40. The van der Waals surface area contributed by atoms with Crippen LogP contribution in [0.2, 0.25) is 10.0 Å². The normalized spacial score (nSPS) is 11.8. The van der Waals surface area contributed by atoms with Gasteiger partial charge in [0.15, 0.2) is 12.0 Å². The van der Waals surface area contributed by atoms with Crippen LogP contribution in [-0.4, -0.2) is 16.1 Å². The molecule has 1 aromatic carbocycles. The first-order valence-corrected chi connectivity index (χ1v) is 6.16. The molecule has 0 radical (unpaired) electrons. The van der Waals surface area contributed by atoms with E-state index in [1.165, 1.54) is 0 Å². The molecule has 1 aromatic heterocycles. The van der Waals surface area contributed by atoms with Gasteiger partial charge in [-0.1, -0.05) is 23.2 Å². The van der Waals surface area contributed by atoms with E-state index in [1.807, 2.05) is 0 Å². The summed E-state index contributed by atoms with van der Waals surface area (Å²) in [4.78, 5) is 10.8. The second-order valence-corrected chi connectivity index (χ2v) is 4.89. The zero-order chi connectivity index (χ0) is 15.9. The predicted octanol–water partition coefficient (Wildman–Crippen LogP) is 4.36. The Kier molecular flexibility index (Phi) is 3.99. The first kappa shape index (κ1) is 15.8. The summed E-state index contributed by atoms with van der Waals surface area (Å²) < 4.78 is 52.9. The molecule has 0 saturated heterocycles. The number of nitrogens with zero attached hydrogens (tertiary/aromatic N) is 2. The molecule has 112 valence electrons. The summed E-state index contributed by atoms with van der Waals surface area (Å²) in [7, 11) is 1.03. The van der Waals surface area contributed by atoms with E-state index in [0.29, 0.717) is 11.0 Å². The van der Waals surface area contributed by atoms with Gasteiger partial charge >= 0.3 is 6.18 Å². The van der Waals surface area contributed by atoms with Crippen molar-refractivity contribution in [1.82, 2.24) is 9.78 Å². The molecular weight excluding hydrogens is 335 g/mol. The first-order valence-electron chi connectivity index (χ1n) is 5.41. The van der Waals surface area contributed by atoms with Crippen molar-refractivity contribution in [2.75, 3.05) is 0 Å². The minimum atomic E-state index is -4.74. The van der Waals surface area contributed by atoms with E-state index in [-0.39, 0.29) is 16.1 Å². The fraction of sp³-hybridized carbons (Fsp3) is 0.167. The third kappa shape index (κ3) is 2.75. The molecule has 0 bridgehead atoms. The van der Waals surface area contributed by atoms with Crippen LogP contribution in [0.5, 0.6) is 0 Å². The van der Waals surface area contributed by atoms with Gasteiger partial charge in [0.2, 0.25) is 0 Å². The smallest absolute Gasteiger partial charge is 0.298 e. The van der Waals surface area contributed by atoms with Crippen molar-refractivity contribution >= 4 is 29.5 Å². The molecule has 1 heterocycles. The number of hydrogen-bond donors (Lipinski definition) is 0. The van der Waals surface area contributed by atoms with Crippen LogP contribution in [0.1, 0.15) is 16.1 Å². The van der Waals surface area contributed by atoms with Gasteiger partial charge in [0.1, 0.15) is 11.5 Å². The Balaban J connectivity index is 2.72. The molecule has 0 spiro atoms. The average Bonchev–Trinajstić information content (AvgIpc) is 2.64. The van der Waals surface area contributed by atoms with Gasteiger partial charge in [0.05, 0.1) is 10.0 Å². The number of aldehydes is 1. The van der Waals surface area contributed by atoms with E-state index < -0.39 is 28.4 Å². The van der Waals surface area contributed by atoms with Crippen LogP contribution >= 0.6 is 23.2 Å². The van der Waals surface area contributed by atoms with Crippen molar-refractivity contribution in [3.05, 3.63) is 39.3 Å². The Labute approximate surface area is 126 Å². The molecule has 0 aliphatic carbocycles. The van der Waals surface area contributed by atoms with Crippen LogP contribution in [0.3, 0.4) is 0 Å². The van der Waals surface area contributed by atoms with Crippen LogP contribution in [0.4, 0.5) is 17.6 Å². The summed E-state index contributed by atoms with van der Waals surface area (Å²) in [6.45, 7) is 0. The first-order chi connectivity index (χ1) is 9.66. The Bertz CT molecular complexity index is 725. The van der Waals surface area contributed by atoms with Crippen molar-refractivity contribution in [2.24, 2.45) is 7.05 Å². The molecule has 21 heavy (non-hydrogen) atoms. The Morgan fingerprint density at radius 2 is 1.90 bits per heavy atom. The van der Waals surface area contributed by atoms with E-state index in [2.05, 4.69) is 5.10 Å². The van der Waals surface area contributed by atoms with Gasteiger partial charge in [0.25, 0.3) is 0 Å². The molecule has 9 heteroatoms. The number of carbonyl (C=O) groups excluding carboxylic acids is 1. The summed E-state index contributed by atoms with van der Waals surface area (Å²) in [6, 6.07) is 1.82. The van der Waals surface area contributed by atoms with E-state index in [4.69, 9.17) is 23.2 Å². The Hall–Kier alpha value is -1.60. The molecule has 0 aliphatic heterocycles. The Morgan fingerprint density at radius 3 is 2.38 bits per heavy atom. The number of rotatable bonds is 2. The maximum atomic E-state index is 13.9. The maximum absolute atomic E-state index is 13.9. The highest BCUT2D eigenvalue weighted by molar-refractivity contribution is 6.34. The van der Waals surface area contributed by atoms with Gasteiger partial charge in [-0.3, -0.25) is 9.48 Å². The number of benzene rings is 1. The zero-order valence-electron chi connectivity index (χ0n) is 10.3. The number of alkyl halides is 3. The van der Waals surface area contributed by atoms with Gasteiger partial charge < -0.3 is 0 Å². The third-order valence-electron chi connectivity index (χ3n) is 2.73. The lowest BCUT2D eigenvalue weighted by atomic mass is 10.1. The standard InChI is InChI=1S/C12H6Cl2F4N2O/c1-20-11(12(16,17)18)9(14)10(19-20)6-2-5(4-21)7(13)3-8(6)15/h2-4H,1H3. The molecular formula is C12H6Cl2F4N2O. The molecule has 0 aliphatic rings. The van der Waals surface area contributed by atoms with Crippen LogP contribution in [0.15, 0.2) is 12.1 Å². The lowest BCUT2D eigenvalue weighted by molar-refractivity contribution is -0.143. The number of aromatic nitrogens is 2. The Morgan fingerprint density at radius 1 is 1.29 bits per heavy atom. The van der Waals surface area contributed by atoms with Crippen LogP contribution in [0.25, 0.3) is 11.3 Å². The summed E-state index contributed by atoms with van der Waals surface area (Å²) in [5, 5.41) is 2.67. The topological polar surface area (TPSA) is 34.9 Å². The number of aryl methyl sites for hydroxylation is 1. The number of halogens is 6. The third-order valence-corrected chi connectivity index (χ3v) is 3.41. The van der Waals surface area contributed by atoms with Crippen molar-refractivity contribution in [3.8, 4) is 11.3 Å². The van der Waals surface area contributed by atoms with Gasteiger partial charge in [-0.25, -0.2) is 4.39 Å². The molecule has 2 aromatic rings. The van der Waals surface area contributed by atoms with Crippen LogP contribution in [-0.2, 0) is 13.2 Å². The molecule has 3 nitrogen and oxygen atoms in total. The van der Waals surface area contributed by atoms with Crippen LogP contribution < -0.4 is 0 Å². The van der Waals surface area contributed by atoms with Crippen molar-refractivity contribution in [2.45, 2.75) is 6.18 Å². The fourth-order valence-electron chi connectivity index (χ4n) is 1.82. The molecule has 0 saturated carbocycles. The summed E-state index contributed by atoms with van der Waals surface area (Å²) in [6.07, 6.45) is -4.39. The van der Waals surface area contributed by atoms with Crippen molar-refractivity contribution in [1.29, 1.82) is 0 Å². The maximum Gasteiger partial charge on any atom is 0.434 e. The van der Waals surface area contributed by atoms with Crippen molar-refractivity contribution in [3.63, 3.8) is 0 Å². The van der Waals surface area contributed by atoms with Gasteiger partial charge in [-0.15, -0.1) is 0 Å². The lowest BCUT2D eigenvalue weighted by Crippen LogP contribution is -2.12. The molecule has 2 rings (SSSR count). The minimum absolute atomic E-state index is 0.0802. The second-order valence-electron chi connectivity index (χ2n) is 4.10. The van der Waals surface area contributed by atoms with Gasteiger partial charge in [0, 0.05) is 18.2 Å². The zero-order valence-corrected chi connectivity index (χ0v) is 11.8. The molecule has 0 N–H and O–H groups in total. The fourth-order valence-corrected chi connectivity index (χ4v) is 2.38. The van der Waals surface area contributed by atoms with E-state index >= 15 is 0 Å². The van der Waals surface area contributed by atoms with E-state index in [1.54, 1.807) is 0 Å². The van der Waals surface area contributed by atoms with Gasteiger partial charge in [-0.2, -0.15) is 18.3 Å². The van der Waals surface area contributed by atoms with Crippen LogP contribution in [0, 0.1) is 5.82 Å². The minimum Gasteiger partial charge on any atom is -0.298 e. The quantitative estimate of drug-likeness (QED) is 0.601. The predicted molar refractivity (Wildman–Crippen MR) is 69.0 cm³/mol. The second kappa shape index (κ2) is 5.31. The molecule has 0 fully saturated rings. The number of carbonyl (C=O) groups is 1. The summed E-state index contributed by atoms with van der Waals surface area (Å²) in [5.74, 6) is -0.931. The summed E-state index contributed by atoms with van der Waals surface area (Å²) in [5.41, 5.74) is -2.04. The largest absolute Gasteiger partial charge is 0.434 e. The number of hydrogen-bond acceptors (Lipinski definition) is 2. The van der Waals surface area contributed by atoms with E-state index in [9.17, 15) is 22.4 Å². The molecule has 0 amide bonds. The van der Waals surface area contributed by atoms with Crippen molar-refractivity contribution < 1.29 is 22.4 Å². The lowest BCUT2D eigenvalue weighted by Gasteiger charge is -2.06. The van der Waals surface area contributed by atoms with Gasteiger partial charge in [-0.05, 0) is 12.1 Å². The highest BCUT2D eigenvalue weighted by Gasteiger charge is 2.39. The molecule has 0 unspecified atom stereocenters. The highest BCUT2D eigenvalue weighted by atomic mass is 35.5. The summed E-state index contributed by atoms with van der Waals surface area (Å²) >= 11 is 11.3. The van der Waals surface area contributed by atoms with E-state index in [0.717, 1.165) is 19.2 Å². The molecule has 0 atom stereocenters.